The van der Waals surface area contributed by atoms with Gasteiger partial charge in [0.05, 0.1) is 5.54 Å². The molecule has 1 rings (SSSR count). The van der Waals surface area contributed by atoms with Gasteiger partial charge >= 0.3 is 0 Å². The number of allylic oxidation sites excluding steroid dienone is 2. The molecule has 0 aromatic rings. The van der Waals surface area contributed by atoms with E-state index in [1.807, 2.05) is 0 Å². The molecule has 0 bridgehead atoms. The van der Waals surface area contributed by atoms with Crippen molar-refractivity contribution < 1.29 is 5.11 Å². The first-order chi connectivity index (χ1) is 4.88. The van der Waals surface area contributed by atoms with Crippen LogP contribution in [0.15, 0.2) is 23.9 Å². The van der Waals surface area contributed by atoms with Crippen LogP contribution >= 0.6 is 0 Å². The average Bonchev–Trinajstić information content (AvgIpc) is 1.84. The van der Waals surface area contributed by atoms with Crippen LogP contribution in [0.4, 0.5) is 0 Å². The zero-order valence-electron chi connectivity index (χ0n) is 6.83. The van der Waals surface area contributed by atoms with Crippen LogP contribution in [0.1, 0.15) is 13.8 Å². The van der Waals surface area contributed by atoms with E-state index in [-0.39, 0.29) is 0 Å². The van der Waals surface area contributed by atoms with Crippen LogP contribution in [0, 0.1) is 0 Å². The second kappa shape index (κ2) is 2.09. The molecule has 1 aliphatic carbocycles. The van der Waals surface area contributed by atoms with E-state index in [1.54, 1.807) is 32.1 Å². The number of rotatable bonds is 0. The van der Waals surface area contributed by atoms with Gasteiger partial charge in [-0.15, -0.1) is 0 Å². The maximum Gasteiger partial charge on any atom is 0.103 e. The molecule has 5 N–H and O–H groups in total. The minimum Gasteiger partial charge on any atom is -0.400 e. The Hall–Kier alpha value is -0.800. The predicted molar refractivity (Wildman–Crippen MR) is 44.6 cm³/mol. The van der Waals surface area contributed by atoms with Gasteiger partial charge in [-0.3, -0.25) is 0 Å². The highest BCUT2D eigenvalue weighted by Gasteiger charge is 2.41. The van der Waals surface area contributed by atoms with E-state index < -0.39 is 11.1 Å². The molecule has 2 unspecified atom stereocenters. The van der Waals surface area contributed by atoms with Crippen LogP contribution in [0.5, 0.6) is 0 Å². The van der Waals surface area contributed by atoms with Gasteiger partial charge < -0.3 is 16.6 Å². The summed E-state index contributed by atoms with van der Waals surface area (Å²) in [6.45, 7) is 3.35. The highest BCUT2D eigenvalue weighted by molar-refractivity contribution is 5.34. The molecule has 0 fully saturated rings. The summed E-state index contributed by atoms with van der Waals surface area (Å²) in [6, 6.07) is 0. The maximum absolute atomic E-state index is 9.74. The van der Waals surface area contributed by atoms with Gasteiger partial charge in [0, 0.05) is 5.70 Å². The van der Waals surface area contributed by atoms with E-state index in [0.29, 0.717) is 5.70 Å². The molecule has 0 amide bonds. The van der Waals surface area contributed by atoms with E-state index in [1.165, 1.54) is 0 Å². The van der Waals surface area contributed by atoms with E-state index in [9.17, 15) is 5.11 Å². The molecular weight excluding hydrogens is 140 g/mol. The second-order valence-corrected chi connectivity index (χ2v) is 3.33. The van der Waals surface area contributed by atoms with Gasteiger partial charge in [0.1, 0.15) is 5.60 Å². The third-order valence-corrected chi connectivity index (χ3v) is 2.35. The molecule has 62 valence electrons. The van der Waals surface area contributed by atoms with Gasteiger partial charge in [-0.05, 0) is 19.9 Å². The van der Waals surface area contributed by atoms with Crippen molar-refractivity contribution in [3.8, 4) is 0 Å². The van der Waals surface area contributed by atoms with E-state index in [4.69, 9.17) is 11.5 Å². The first-order valence-corrected chi connectivity index (χ1v) is 3.54. The smallest absolute Gasteiger partial charge is 0.103 e. The highest BCUT2D eigenvalue weighted by atomic mass is 16.3. The van der Waals surface area contributed by atoms with Crippen molar-refractivity contribution in [3.05, 3.63) is 23.9 Å². The molecule has 0 saturated heterocycles. The number of hydrogen-bond donors (Lipinski definition) is 3. The largest absolute Gasteiger partial charge is 0.400 e. The first kappa shape index (κ1) is 8.30. The topological polar surface area (TPSA) is 72.3 Å². The summed E-state index contributed by atoms with van der Waals surface area (Å²) in [5, 5.41) is 9.74. The van der Waals surface area contributed by atoms with Crippen molar-refractivity contribution in [2.75, 3.05) is 0 Å². The Kier molecular flexibility index (Phi) is 1.58. The lowest BCUT2D eigenvalue weighted by atomic mass is 9.78. The Morgan fingerprint density at radius 2 is 2.00 bits per heavy atom. The molecule has 3 nitrogen and oxygen atoms in total. The minimum atomic E-state index is -1.05. The molecule has 2 atom stereocenters. The zero-order valence-corrected chi connectivity index (χ0v) is 6.83. The summed E-state index contributed by atoms with van der Waals surface area (Å²) in [4.78, 5) is 0. The van der Waals surface area contributed by atoms with E-state index in [2.05, 4.69) is 0 Å². The summed E-state index contributed by atoms with van der Waals surface area (Å²) < 4.78 is 0. The number of hydrogen-bond acceptors (Lipinski definition) is 3. The van der Waals surface area contributed by atoms with Gasteiger partial charge in [0.15, 0.2) is 0 Å². The van der Waals surface area contributed by atoms with Crippen molar-refractivity contribution >= 4 is 0 Å². The lowest BCUT2D eigenvalue weighted by molar-refractivity contribution is 0.0489. The van der Waals surface area contributed by atoms with Gasteiger partial charge in [-0.2, -0.15) is 0 Å². The molecule has 0 saturated carbocycles. The third-order valence-electron chi connectivity index (χ3n) is 2.35. The molecule has 3 heteroatoms. The van der Waals surface area contributed by atoms with Crippen molar-refractivity contribution in [2.45, 2.75) is 25.0 Å². The maximum atomic E-state index is 9.74. The highest BCUT2D eigenvalue weighted by Crippen LogP contribution is 2.28. The van der Waals surface area contributed by atoms with Crippen LogP contribution < -0.4 is 11.5 Å². The predicted octanol–water partition coefficient (Wildman–Crippen LogP) is -0.133. The van der Waals surface area contributed by atoms with Crippen molar-refractivity contribution in [2.24, 2.45) is 11.5 Å². The quantitative estimate of drug-likeness (QED) is 0.455. The fourth-order valence-electron chi connectivity index (χ4n) is 0.978. The third kappa shape index (κ3) is 1.06. The Balaban J connectivity index is 3.09. The molecule has 0 aromatic heterocycles. The summed E-state index contributed by atoms with van der Waals surface area (Å²) in [7, 11) is 0. The van der Waals surface area contributed by atoms with Gasteiger partial charge in [0.2, 0.25) is 0 Å². The lowest BCUT2D eigenvalue weighted by Crippen LogP contribution is -2.59. The molecule has 0 heterocycles. The van der Waals surface area contributed by atoms with Crippen molar-refractivity contribution in [3.63, 3.8) is 0 Å². The van der Waals surface area contributed by atoms with Gasteiger partial charge in [-0.25, -0.2) is 0 Å². The fourth-order valence-corrected chi connectivity index (χ4v) is 0.978. The van der Waals surface area contributed by atoms with Crippen molar-refractivity contribution in [1.82, 2.24) is 0 Å². The normalized spacial score (nSPS) is 43.8. The number of nitrogens with two attached hydrogens (primary N) is 2. The second-order valence-electron chi connectivity index (χ2n) is 3.33. The van der Waals surface area contributed by atoms with Crippen LogP contribution in [0.25, 0.3) is 0 Å². The van der Waals surface area contributed by atoms with Crippen LogP contribution in [-0.2, 0) is 0 Å². The first-order valence-electron chi connectivity index (χ1n) is 3.54. The fraction of sp³-hybridized carbons (Fsp3) is 0.500. The summed E-state index contributed by atoms with van der Waals surface area (Å²) in [5.41, 5.74) is 10.0. The Morgan fingerprint density at radius 1 is 1.45 bits per heavy atom. The molecule has 0 aromatic carbocycles. The molecule has 0 radical (unpaired) electrons. The lowest BCUT2D eigenvalue weighted by Gasteiger charge is -2.39. The summed E-state index contributed by atoms with van der Waals surface area (Å²) in [5.74, 6) is 0. The SMILES string of the molecule is CC1(O)C=CC=C(N)C1(C)N. The molecule has 11 heavy (non-hydrogen) atoms. The molecule has 0 aliphatic heterocycles. The molecular formula is C8H14N2O. The number of aliphatic hydroxyl groups is 1. The summed E-state index contributed by atoms with van der Waals surface area (Å²) >= 11 is 0. The van der Waals surface area contributed by atoms with Gasteiger partial charge in [0.25, 0.3) is 0 Å². The monoisotopic (exact) mass is 154 g/mol. The molecule has 0 spiro atoms. The zero-order chi connectivity index (χ0) is 8.70. The standard InChI is InChI=1S/C8H14N2O/c1-7(11)5-3-4-6(9)8(7,2)10/h3-5,11H,9-10H2,1-2H3. The van der Waals surface area contributed by atoms with Gasteiger partial charge in [-0.1, -0.05) is 12.2 Å². The minimum absolute atomic E-state index is 0.505. The van der Waals surface area contributed by atoms with E-state index >= 15 is 0 Å². The van der Waals surface area contributed by atoms with Crippen LogP contribution in [0.3, 0.4) is 0 Å². The Bertz CT molecular complexity index is 226. The van der Waals surface area contributed by atoms with E-state index in [0.717, 1.165) is 0 Å². The molecule has 1 aliphatic rings. The van der Waals surface area contributed by atoms with Crippen LogP contribution in [0.2, 0.25) is 0 Å². The summed E-state index contributed by atoms with van der Waals surface area (Å²) in [6.07, 6.45) is 5.06. The average molecular weight is 154 g/mol. The van der Waals surface area contributed by atoms with Crippen LogP contribution in [-0.4, -0.2) is 16.2 Å². The Labute approximate surface area is 66.4 Å². The Morgan fingerprint density at radius 3 is 2.36 bits per heavy atom. The van der Waals surface area contributed by atoms with Crippen molar-refractivity contribution in [1.29, 1.82) is 0 Å².